The predicted molar refractivity (Wildman–Crippen MR) is 125 cm³/mol. The van der Waals surface area contributed by atoms with Gasteiger partial charge in [0, 0.05) is 53.4 Å². The number of hydrogen-bond acceptors (Lipinski definition) is 5. The molecule has 0 aliphatic carbocycles. The van der Waals surface area contributed by atoms with Crippen molar-refractivity contribution in [2.45, 2.75) is 6.92 Å². The fraction of sp³-hybridized carbons (Fsp3) is 0.250. The molecule has 0 amide bonds. The maximum absolute atomic E-state index is 14.0. The van der Waals surface area contributed by atoms with Gasteiger partial charge < -0.3 is 14.3 Å². The number of anilines is 1. The summed E-state index contributed by atoms with van der Waals surface area (Å²) in [5, 5.41) is 4.87. The Hall–Kier alpha value is -2.77. The number of fused-ring (bicyclic) bond motifs is 1. The predicted octanol–water partition coefficient (Wildman–Crippen LogP) is 5.52. The van der Waals surface area contributed by atoms with Gasteiger partial charge in [0.05, 0.1) is 22.5 Å². The normalized spacial score (nSPS) is 15.0. The fourth-order valence-electron chi connectivity index (χ4n) is 4.06. The third kappa shape index (κ3) is 3.83. The van der Waals surface area contributed by atoms with Crippen molar-refractivity contribution in [3.63, 3.8) is 0 Å². The van der Waals surface area contributed by atoms with E-state index in [-0.39, 0.29) is 5.82 Å². The molecule has 0 radical (unpaired) electrons. The summed E-state index contributed by atoms with van der Waals surface area (Å²) < 4.78 is 19.9. The van der Waals surface area contributed by atoms with E-state index in [0.717, 1.165) is 59.6 Å². The van der Waals surface area contributed by atoms with E-state index in [9.17, 15) is 4.39 Å². The second kappa shape index (κ2) is 8.05. The largest absolute Gasteiger partial charge is 0.369 e. The van der Waals surface area contributed by atoms with Gasteiger partial charge in [-0.3, -0.25) is 0 Å². The first kappa shape index (κ1) is 20.2. The van der Waals surface area contributed by atoms with E-state index in [2.05, 4.69) is 68.3 Å². The fourth-order valence-corrected chi connectivity index (χ4v) is 4.60. The zero-order valence-corrected chi connectivity index (χ0v) is 19.0. The van der Waals surface area contributed by atoms with E-state index in [0.29, 0.717) is 9.99 Å². The van der Waals surface area contributed by atoms with Gasteiger partial charge in [0.2, 0.25) is 0 Å². The molecule has 1 fully saturated rings. The third-order valence-electron chi connectivity index (χ3n) is 5.90. The van der Waals surface area contributed by atoms with Crippen molar-refractivity contribution in [2.75, 3.05) is 38.1 Å². The Balaban J connectivity index is 1.62. The lowest BCUT2D eigenvalue weighted by atomic mass is 9.97. The van der Waals surface area contributed by atoms with Crippen molar-refractivity contribution in [3.05, 3.63) is 64.7 Å². The number of benzene rings is 2. The van der Waals surface area contributed by atoms with Gasteiger partial charge in [-0.15, -0.1) is 0 Å². The molecule has 0 bridgehead atoms. The minimum Gasteiger partial charge on any atom is -0.369 e. The molecule has 0 N–H and O–H groups in total. The highest BCUT2D eigenvalue weighted by molar-refractivity contribution is 9.10. The first-order chi connectivity index (χ1) is 15.0. The van der Waals surface area contributed by atoms with Crippen molar-refractivity contribution in [2.24, 2.45) is 0 Å². The molecule has 31 heavy (non-hydrogen) atoms. The third-order valence-corrected chi connectivity index (χ3v) is 6.56. The summed E-state index contributed by atoms with van der Waals surface area (Å²) in [7, 11) is 2.16. The minimum atomic E-state index is -0.329. The number of nitrogens with zero attached hydrogens (tertiary/aromatic N) is 4. The number of aryl methyl sites for hydroxylation is 1. The molecule has 2 aromatic carbocycles. The molecule has 1 saturated heterocycles. The van der Waals surface area contributed by atoms with Crippen molar-refractivity contribution < 1.29 is 8.91 Å². The first-order valence-corrected chi connectivity index (χ1v) is 11.0. The van der Waals surface area contributed by atoms with Crippen LogP contribution in [0.5, 0.6) is 0 Å². The SMILES string of the molecule is Cc1nocc1-c1nc2cc(F)cc(Br)c2cc1-c1ccc(N2CCN(C)CC2)cc1. The molecule has 1 aliphatic heterocycles. The highest BCUT2D eigenvalue weighted by atomic mass is 79.9. The maximum atomic E-state index is 14.0. The van der Waals surface area contributed by atoms with Gasteiger partial charge in [-0.2, -0.15) is 0 Å². The van der Waals surface area contributed by atoms with Crippen LogP contribution in [-0.2, 0) is 0 Å². The lowest BCUT2D eigenvalue weighted by Crippen LogP contribution is -2.44. The van der Waals surface area contributed by atoms with E-state index in [4.69, 9.17) is 9.51 Å². The van der Waals surface area contributed by atoms with Gasteiger partial charge in [-0.1, -0.05) is 17.3 Å². The Labute approximate surface area is 188 Å². The van der Waals surface area contributed by atoms with Gasteiger partial charge in [-0.25, -0.2) is 9.37 Å². The van der Waals surface area contributed by atoms with E-state index in [1.165, 1.54) is 17.8 Å². The topological polar surface area (TPSA) is 45.4 Å². The molecular weight excluding hydrogens is 459 g/mol. The van der Waals surface area contributed by atoms with Crippen LogP contribution < -0.4 is 4.90 Å². The molecule has 7 heteroatoms. The molecule has 0 atom stereocenters. The van der Waals surface area contributed by atoms with Crippen LogP contribution in [0, 0.1) is 12.7 Å². The van der Waals surface area contributed by atoms with Gasteiger partial charge in [0.1, 0.15) is 12.1 Å². The quantitative estimate of drug-likeness (QED) is 0.386. The Bertz CT molecular complexity index is 1250. The molecule has 158 valence electrons. The monoisotopic (exact) mass is 480 g/mol. The number of pyridine rings is 1. The summed E-state index contributed by atoms with van der Waals surface area (Å²) >= 11 is 3.49. The zero-order valence-electron chi connectivity index (χ0n) is 17.4. The number of piperazine rings is 1. The molecule has 5 rings (SSSR count). The maximum Gasteiger partial charge on any atom is 0.133 e. The average Bonchev–Trinajstić information content (AvgIpc) is 3.19. The molecule has 0 saturated carbocycles. The molecule has 2 aromatic heterocycles. The summed E-state index contributed by atoms with van der Waals surface area (Å²) in [6.45, 7) is 6.07. The number of hydrogen-bond donors (Lipinski definition) is 0. The Morgan fingerprint density at radius 2 is 1.74 bits per heavy atom. The summed E-state index contributed by atoms with van der Waals surface area (Å²) in [5.74, 6) is -0.329. The smallest absolute Gasteiger partial charge is 0.133 e. The second-order valence-corrected chi connectivity index (χ2v) is 8.84. The van der Waals surface area contributed by atoms with Crippen LogP contribution in [0.15, 0.2) is 57.7 Å². The van der Waals surface area contributed by atoms with E-state index < -0.39 is 0 Å². The van der Waals surface area contributed by atoms with Crippen LogP contribution >= 0.6 is 15.9 Å². The number of aromatic nitrogens is 2. The molecule has 0 spiro atoms. The van der Waals surface area contributed by atoms with Crippen LogP contribution in [0.4, 0.5) is 10.1 Å². The minimum absolute atomic E-state index is 0.329. The van der Waals surface area contributed by atoms with Crippen LogP contribution in [0.1, 0.15) is 5.69 Å². The van der Waals surface area contributed by atoms with Crippen LogP contribution in [0.25, 0.3) is 33.3 Å². The summed E-state index contributed by atoms with van der Waals surface area (Å²) in [5.41, 5.74) is 6.08. The molecule has 1 aliphatic rings. The van der Waals surface area contributed by atoms with Crippen molar-refractivity contribution >= 4 is 32.5 Å². The summed E-state index contributed by atoms with van der Waals surface area (Å²) in [6, 6.07) is 13.5. The standard InChI is InChI=1S/C24H22BrFN4O/c1-15-21(14-31-28-15)24-19(13-20-22(25)11-17(26)12-23(20)27-24)16-3-5-18(6-4-16)30-9-7-29(2)8-10-30/h3-6,11-14H,7-10H2,1-2H3. The van der Waals surface area contributed by atoms with Crippen LogP contribution in [-0.4, -0.2) is 48.3 Å². The van der Waals surface area contributed by atoms with Gasteiger partial charge in [0.15, 0.2) is 0 Å². The number of halogens is 2. The van der Waals surface area contributed by atoms with Crippen LogP contribution in [0.2, 0.25) is 0 Å². The highest BCUT2D eigenvalue weighted by Crippen LogP contribution is 2.37. The summed E-state index contributed by atoms with van der Waals surface area (Å²) in [4.78, 5) is 9.57. The van der Waals surface area contributed by atoms with Crippen molar-refractivity contribution in [3.8, 4) is 22.4 Å². The number of likely N-dealkylation sites (N-methyl/N-ethyl adjacent to an activating group) is 1. The first-order valence-electron chi connectivity index (χ1n) is 10.2. The highest BCUT2D eigenvalue weighted by Gasteiger charge is 2.18. The van der Waals surface area contributed by atoms with E-state index in [1.807, 2.05) is 6.92 Å². The molecule has 3 heterocycles. The Morgan fingerprint density at radius 1 is 1.00 bits per heavy atom. The Morgan fingerprint density at radius 3 is 2.42 bits per heavy atom. The molecule has 5 nitrogen and oxygen atoms in total. The van der Waals surface area contributed by atoms with E-state index in [1.54, 1.807) is 6.26 Å². The Kier molecular flexibility index (Phi) is 5.24. The van der Waals surface area contributed by atoms with Gasteiger partial charge in [0.25, 0.3) is 0 Å². The van der Waals surface area contributed by atoms with Gasteiger partial charge >= 0.3 is 0 Å². The lowest BCUT2D eigenvalue weighted by Gasteiger charge is -2.34. The zero-order chi connectivity index (χ0) is 21.5. The lowest BCUT2D eigenvalue weighted by molar-refractivity contribution is 0.313. The second-order valence-electron chi connectivity index (χ2n) is 7.99. The van der Waals surface area contributed by atoms with E-state index >= 15 is 0 Å². The average molecular weight is 481 g/mol. The van der Waals surface area contributed by atoms with Crippen LogP contribution in [0.3, 0.4) is 0 Å². The summed E-state index contributed by atoms with van der Waals surface area (Å²) in [6.07, 6.45) is 1.60. The van der Waals surface area contributed by atoms with Gasteiger partial charge in [-0.05, 0) is 59.7 Å². The molecular formula is C24H22BrFN4O. The molecule has 4 aromatic rings. The number of rotatable bonds is 3. The van der Waals surface area contributed by atoms with Crippen molar-refractivity contribution in [1.82, 2.24) is 15.0 Å². The molecule has 0 unspecified atom stereocenters. The van der Waals surface area contributed by atoms with Crippen molar-refractivity contribution in [1.29, 1.82) is 0 Å².